The summed E-state index contributed by atoms with van der Waals surface area (Å²) in [5, 5.41) is 5.57. The Morgan fingerprint density at radius 3 is 2.57 bits per heavy atom. The lowest BCUT2D eigenvalue weighted by Crippen LogP contribution is -2.44. The van der Waals surface area contributed by atoms with Gasteiger partial charge in [0.05, 0.1) is 6.61 Å². The van der Waals surface area contributed by atoms with Crippen molar-refractivity contribution in [2.45, 2.75) is 19.8 Å². The Bertz CT molecular complexity index is 760. The normalized spacial score (nSPS) is 14.6. The maximum absolute atomic E-state index is 12.3. The van der Waals surface area contributed by atoms with Gasteiger partial charge in [-0.2, -0.15) is 0 Å². The Kier molecular flexibility index (Phi) is 7.02. The van der Waals surface area contributed by atoms with Crippen LogP contribution < -0.4 is 20.3 Å². The molecule has 1 aliphatic rings. The number of nitrogens with zero attached hydrogens (tertiary/aromatic N) is 4. The monoisotopic (exact) mass is 384 g/mol. The molecule has 1 aromatic heterocycles. The molecule has 0 radical (unpaired) electrons. The number of hydrogen-bond donors (Lipinski definition) is 2. The lowest BCUT2D eigenvalue weighted by molar-refractivity contribution is 0.262. The zero-order chi connectivity index (χ0) is 19.8. The molecular weight excluding hydrogens is 356 g/mol. The Hall–Kier alpha value is -2.87. The van der Waals surface area contributed by atoms with E-state index in [1.165, 1.54) is 6.33 Å². The number of carbonyl (C=O) groups is 1. The van der Waals surface area contributed by atoms with Gasteiger partial charge >= 0.3 is 6.03 Å². The molecule has 0 aliphatic carbocycles. The first-order valence-corrected chi connectivity index (χ1v) is 9.70. The van der Waals surface area contributed by atoms with Crippen LogP contribution in [0, 0.1) is 0 Å². The molecule has 3 rings (SSSR count). The second kappa shape index (κ2) is 9.89. The molecule has 0 spiro atoms. The zero-order valence-electron chi connectivity index (χ0n) is 16.5. The molecule has 1 fully saturated rings. The van der Waals surface area contributed by atoms with Crippen molar-refractivity contribution in [1.82, 2.24) is 14.9 Å². The summed E-state index contributed by atoms with van der Waals surface area (Å²) in [5.74, 6) is 2.10. The van der Waals surface area contributed by atoms with Crippen LogP contribution in [-0.4, -0.2) is 60.7 Å². The lowest BCUT2D eigenvalue weighted by Gasteiger charge is -2.33. The third kappa shape index (κ3) is 5.82. The van der Waals surface area contributed by atoms with Gasteiger partial charge in [0, 0.05) is 37.9 Å². The second-order valence-electron chi connectivity index (χ2n) is 6.86. The third-order valence-electron chi connectivity index (χ3n) is 4.60. The van der Waals surface area contributed by atoms with E-state index >= 15 is 0 Å². The molecule has 1 saturated heterocycles. The van der Waals surface area contributed by atoms with Crippen molar-refractivity contribution in [3.63, 3.8) is 0 Å². The topological polar surface area (TPSA) is 82.6 Å². The van der Waals surface area contributed by atoms with Crippen molar-refractivity contribution in [2.24, 2.45) is 0 Å². The van der Waals surface area contributed by atoms with Crippen molar-refractivity contribution in [3.8, 4) is 5.75 Å². The highest BCUT2D eigenvalue weighted by Crippen LogP contribution is 2.18. The highest BCUT2D eigenvalue weighted by atomic mass is 16.5. The highest BCUT2D eigenvalue weighted by molar-refractivity contribution is 5.99. The summed E-state index contributed by atoms with van der Waals surface area (Å²) in [5.41, 5.74) is 0.689. The molecule has 0 bridgehead atoms. The summed E-state index contributed by atoms with van der Waals surface area (Å²) in [6.45, 7) is 6.63. The first kappa shape index (κ1) is 19.9. The van der Waals surface area contributed by atoms with Gasteiger partial charge in [-0.1, -0.05) is 13.3 Å². The highest BCUT2D eigenvalue weighted by Gasteiger charge is 2.16. The molecule has 28 heavy (non-hydrogen) atoms. The van der Waals surface area contributed by atoms with Crippen LogP contribution in [-0.2, 0) is 0 Å². The largest absolute Gasteiger partial charge is 0.494 e. The zero-order valence-corrected chi connectivity index (χ0v) is 16.5. The summed E-state index contributed by atoms with van der Waals surface area (Å²) in [4.78, 5) is 25.2. The van der Waals surface area contributed by atoms with Gasteiger partial charge in [0.25, 0.3) is 0 Å². The molecule has 8 nitrogen and oxygen atoms in total. The van der Waals surface area contributed by atoms with E-state index in [2.05, 4.69) is 44.4 Å². The van der Waals surface area contributed by atoms with Gasteiger partial charge in [-0.3, -0.25) is 5.32 Å². The predicted octanol–water partition coefficient (Wildman–Crippen LogP) is 3.05. The third-order valence-corrected chi connectivity index (χ3v) is 4.60. The standard InChI is InChI=1S/C20H28N6O2/c1-3-4-13-28-17-7-5-16(6-8-17)23-20(27)24-18-14-19(22-15-21-18)26-11-9-25(2)10-12-26/h5-8,14-15H,3-4,9-13H2,1-2H3,(H2,21,22,23,24,27). The van der Waals surface area contributed by atoms with Gasteiger partial charge in [-0.05, 0) is 37.7 Å². The molecule has 8 heteroatoms. The van der Waals surface area contributed by atoms with E-state index in [1.807, 2.05) is 24.3 Å². The number of unbranched alkanes of at least 4 members (excludes halogenated alkanes) is 1. The van der Waals surface area contributed by atoms with Crippen LogP contribution in [0.3, 0.4) is 0 Å². The number of anilines is 3. The van der Waals surface area contributed by atoms with Gasteiger partial charge in [0.2, 0.25) is 0 Å². The second-order valence-corrected chi connectivity index (χ2v) is 6.86. The number of hydrogen-bond acceptors (Lipinski definition) is 6. The van der Waals surface area contributed by atoms with Crippen molar-refractivity contribution in [1.29, 1.82) is 0 Å². The van der Waals surface area contributed by atoms with E-state index in [9.17, 15) is 4.79 Å². The number of ether oxygens (including phenoxy) is 1. The number of aromatic nitrogens is 2. The molecule has 0 atom stereocenters. The molecule has 1 aliphatic heterocycles. The van der Waals surface area contributed by atoms with Crippen LogP contribution in [0.1, 0.15) is 19.8 Å². The summed E-state index contributed by atoms with van der Waals surface area (Å²) >= 11 is 0. The fraction of sp³-hybridized carbons (Fsp3) is 0.450. The van der Waals surface area contributed by atoms with Crippen LogP contribution in [0.25, 0.3) is 0 Å². The number of likely N-dealkylation sites (N-methyl/N-ethyl adjacent to an activating group) is 1. The summed E-state index contributed by atoms with van der Waals surface area (Å²) in [7, 11) is 2.11. The molecule has 1 aromatic carbocycles. The maximum Gasteiger partial charge on any atom is 0.324 e. The SMILES string of the molecule is CCCCOc1ccc(NC(=O)Nc2cc(N3CCN(C)CC3)ncn2)cc1. The number of benzene rings is 1. The quantitative estimate of drug-likeness (QED) is 0.714. The van der Waals surface area contributed by atoms with Gasteiger partial charge in [-0.15, -0.1) is 0 Å². The van der Waals surface area contributed by atoms with Crippen molar-refractivity contribution >= 4 is 23.4 Å². The minimum absolute atomic E-state index is 0.345. The molecule has 150 valence electrons. The van der Waals surface area contributed by atoms with Gasteiger partial charge in [0.15, 0.2) is 0 Å². The van der Waals surface area contributed by atoms with Crippen LogP contribution >= 0.6 is 0 Å². The minimum atomic E-state index is -0.345. The minimum Gasteiger partial charge on any atom is -0.494 e. The van der Waals surface area contributed by atoms with E-state index in [0.717, 1.165) is 50.6 Å². The Labute approximate surface area is 165 Å². The first-order valence-electron chi connectivity index (χ1n) is 9.70. The number of amides is 2. The number of carbonyl (C=O) groups excluding carboxylic acids is 1. The van der Waals surface area contributed by atoms with Gasteiger partial charge in [0.1, 0.15) is 23.7 Å². The smallest absolute Gasteiger partial charge is 0.324 e. The van der Waals surface area contributed by atoms with Crippen molar-refractivity contribution in [3.05, 3.63) is 36.7 Å². The Balaban J connectivity index is 1.52. The summed E-state index contributed by atoms with van der Waals surface area (Å²) in [6.07, 6.45) is 3.60. The number of urea groups is 1. The van der Waals surface area contributed by atoms with E-state index in [4.69, 9.17) is 4.74 Å². The number of rotatable bonds is 7. The van der Waals surface area contributed by atoms with Crippen molar-refractivity contribution < 1.29 is 9.53 Å². The van der Waals surface area contributed by atoms with Gasteiger partial charge in [-0.25, -0.2) is 14.8 Å². The lowest BCUT2D eigenvalue weighted by atomic mass is 10.3. The van der Waals surface area contributed by atoms with E-state index < -0.39 is 0 Å². The molecule has 2 N–H and O–H groups in total. The summed E-state index contributed by atoms with van der Waals surface area (Å²) in [6, 6.07) is 8.79. The molecule has 0 unspecified atom stereocenters. The number of piperazine rings is 1. The van der Waals surface area contributed by atoms with E-state index in [0.29, 0.717) is 18.1 Å². The molecule has 2 heterocycles. The fourth-order valence-electron chi connectivity index (χ4n) is 2.87. The summed E-state index contributed by atoms with van der Waals surface area (Å²) < 4.78 is 5.63. The Morgan fingerprint density at radius 1 is 1.11 bits per heavy atom. The average Bonchev–Trinajstić information content (AvgIpc) is 2.70. The van der Waals surface area contributed by atoms with Crippen LogP contribution in [0.15, 0.2) is 36.7 Å². The predicted molar refractivity (Wildman–Crippen MR) is 111 cm³/mol. The van der Waals surface area contributed by atoms with Crippen LogP contribution in [0.5, 0.6) is 5.75 Å². The van der Waals surface area contributed by atoms with E-state index in [-0.39, 0.29) is 6.03 Å². The molecule has 2 aromatic rings. The van der Waals surface area contributed by atoms with Crippen LogP contribution in [0.2, 0.25) is 0 Å². The molecule has 0 saturated carbocycles. The fourth-order valence-corrected chi connectivity index (χ4v) is 2.87. The Morgan fingerprint density at radius 2 is 1.86 bits per heavy atom. The average molecular weight is 384 g/mol. The number of nitrogens with one attached hydrogen (secondary N) is 2. The maximum atomic E-state index is 12.3. The molecular formula is C20H28N6O2. The van der Waals surface area contributed by atoms with Crippen molar-refractivity contribution in [2.75, 3.05) is 55.4 Å². The molecule has 2 amide bonds. The van der Waals surface area contributed by atoms with Gasteiger partial charge < -0.3 is 19.9 Å². The van der Waals surface area contributed by atoms with Crippen LogP contribution in [0.4, 0.5) is 22.1 Å². The first-order chi connectivity index (χ1) is 13.6. The van der Waals surface area contributed by atoms with E-state index in [1.54, 1.807) is 6.07 Å².